The van der Waals surface area contributed by atoms with Crippen molar-refractivity contribution in [3.05, 3.63) is 71.4 Å². The van der Waals surface area contributed by atoms with Gasteiger partial charge < -0.3 is 14.9 Å². The molecule has 1 heterocycles. The van der Waals surface area contributed by atoms with Gasteiger partial charge in [0.05, 0.1) is 29.8 Å². The van der Waals surface area contributed by atoms with Crippen molar-refractivity contribution in [1.29, 1.82) is 0 Å². The average Bonchev–Trinajstić information content (AvgIpc) is 2.66. The Hall–Kier alpha value is -3.67. The lowest BCUT2D eigenvalue weighted by Gasteiger charge is -2.04. The Balaban J connectivity index is 1.69. The Kier molecular flexibility index (Phi) is 5.47. The molecular formula is C21H17NO5. The highest BCUT2D eigenvalue weighted by atomic mass is 16.5. The van der Waals surface area contributed by atoms with E-state index in [1.165, 1.54) is 6.07 Å². The van der Waals surface area contributed by atoms with E-state index in [-0.39, 0.29) is 18.6 Å². The summed E-state index contributed by atoms with van der Waals surface area (Å²) in [4.78, 5) is 26.0. The van der Waals surface area contributed by atoms with Crippen molar-refractivity contribution < 1.29 is 24.5 Å². The average molecular weight is 363 g/mol. The van der Waals surface area contributed by atoms with Crippen molar-refractivity contribution >= 4 is 35.0 Å². The van der Waals surface area contributed by atoms with Crippen molar-refractivity contribution in [2.24, 2.45) is 0 Å². The standard InChI is InChI=1S/C21H17NO5/c23-20(24)11-12-27-18-8-2-14(3-9-18)1-6-17-7-4-15-13-16(21(25)26)5-10-19(15)22-17/h1-10,13H,11-12H2,(H,23,24)(H,25,26)/b6-1+. The van der Waals surface area contributed by atoms with Gasteiger partial charge in [-0.05, 0) is 48.0 Å². The molecule has 0 saturated heterocycles. The molecule has 0 aliphatic rings. The number of carboxylic acids is 2. The lowest BCUT2D eigenvalue weighted by Crippen LogP contribution is -2.04. The minimum atomic E-state index is -0.962. The molecule has 3 aromatic rings. The second-order valence-corrected chi connectivity index (χ2v) is 5.84. The maximum Gasteiger partial charge on any atom is 0.335 e. The molecule has 0 amide bonds. The Morgan fingerprint density at radius 3 is 2.44 bits per heavy atom. The van der Waals surface area contributed by atoms with Crippen LogP contribution in [-0.2, 0) is 4.79 Å². The van der Waals surface area contributed by atoms with Crippen LogP contribution in [0.25, 0.3) is 23.1 Å². The molecule has 1 aromatic heterocycles. The number of hydrogen-bond acceptors (Lipinski definition) is 4. The van der Waals surface area contributed by atoms with Gasteiger partial charge in [0.15, 0.2) is 0 Å². The lowest BCUT2D eigenvalue weighted by atomic mass is 10.1. The smallest absolute Gasteiger partial charge is 0.335 e. The van der Waals surface area contributed by atoms with Gasteiger partial charge in [-0.2, -0.15) is 0 Å². The monoisotopic (exact) mass is 363 g/mol. The summed E-state index contributed by atoms with van der Waals surface area (Å²) in [6, 6.07) is 15.8. The summed E-state index contributed by atoms with van der Waals surface area (Å²) in [6.07, 6.45) is 3.73. The summed E-state index contributed by atoms with van der Waals surface area (Å²) in [6.45, 7) is 0.134. The summed E-state index contributed by atoms with van der Waals surface area (Å²) >= 11 is 0. The third kappa shape index (κ3) is 4.92. The van der Waals surface area contributed by atoms with Crippen LogP contribution in [0.15, 0.2) is 54.6 Å². The van der Waals surface area contributed by atoms with Crippen LogP contribution in [0, 0.1) is 0 Å². The number of rotatable bonds is 7. The lowest BCUT2D eigenvalue weighted by molar-refractivity contribution is -0.137. The molecule has 0 atom stereocenters. The van der Waals surface area contributed by atoms with Crippen LogP contribution >= 0.6 is 0 Å². The quantitative estimate of drug-likeness (QED) is 0.660. The van der Waals surface area contributed by atoms with E-state index in [1.807, 2.05) is 36.4 Å². The molecule has 6 heteroatoms. The molecule has 0 fully saturated rings. The van der Waals surface area contributed by atoms with Gasteiger partial charge in [0.25, 0.3) is 0 Å². The van der Waals surface area contributed by atoms with Crippen LogP contribution in [0.2, 0.25) is 0 Å². The molecule has 2 N–H and O–H groups in total. The number of ether oxygens (including phenoxy) is 1. The van der Waals surface area contributed by atoms with E-state index in [0.717, 1.165) is 22.2 Å². The van der Waals surface area contributed by atoms with Crippen molar-refractivity contribution in [2.45, 2.75) is 6.42 Å². The fourth-order valence-electron chi connectivity index (χ4n) is 2.48. The topological polar surface area (TPSA) is 96.7 Å². The van der Waals surface area contributed by atoms with Crippen LogP contribution in [0.4, 0.5) is 0 Å². The second kappa shape index (κ2) is 8.14. The number of aromatic carboxylic acids is 1. The molecule has 6 nitrogen and oxygen atoms in total. The number of carboxylic acid groups (broad SMARTS) is 2. The van der Waals surface area contributed by atoms with E-state index in [9.17, 15) is 9.59 Å². The van der Waals surface area contributed by atoms with E-state index in [2.05, 4.69) is 4.98 Å². The third-order valence-corrected chi connectivity index (χ3v) is 3.87. The van der Waals surface area contributed by atoms with Gasteiger partial charge in [0.1, 0.15) is 5.75 Å². The molecule has 0 spiro atoms. The number of nitrogens with zero attached hydrogens (tertiary/aromatic N) is 1. The van der Waals surface area contributed by atoms with E-state index >= 15 is 0 Å². The number of carbonyl (C=O) groups is 2. The van der Waals surface area contributed by atoms with Gasteiger partial charge in [0.2, 0.25) is 0 Å². The van der Waals surface area contributed by atoms with Gasteiger partial charge >= 0.3 is 11.9 Å². The zero-order chi connectivity index (χ0) is 19.2. The summed E-state index contributed by atoms with van der Waals surface area (Å²) in [5.74, 6) is -1.24. The van der Waals surface area contributed by atoms with Crippen LogP contribution in [-0.4, -0.2) is 33.7 Å². The molecule has 2 aromatic carbocycles. The summed E-state index contributed by atoms with van der Waals surface area (Å²) in [7, 11) is 0. The third-order valence-electron chi connectivity index (χ3n) is 3.87. The molecule has 0 bridgehead atoms. The van der Waals surface area contributed by atoms with E-state index in [1.54, 1.807) is 24.3 Å². The molecular weight excluding hydrogens is 346 g/mol. The van der Waals surface area contributed by atoms with Gasteiger partial charge in [-0.1, -0.05) is 24.3 Å². The number of pyridine rings is 1. The first-order chi connectivity index (χ1) is 13.0. The summed E-state index contributed by atoms with van der Waals surface area (Å²) < 4.78 is 5.35. The fourth-order valence-corrected chi connectivity index (χ4v) is 2.48. The first kappa shape index (κ1) is 18.1. The zero-order valence-corrected chi connectivity index (χ0v) is 14.3. The number of benzene rings is 2. The maximum absolute atomic E-state index is 11.0. The van der Waals surface area contributed by atoms with Gasteiger partial charge in [0, 0.05) is 5.39 Å². The van der Waals surface area contributed by atoms with Gasteiger partial charge in [-0.25, -0.2) is 9.78 Å². The Morgan fingerprint density at radius 1 is 0.963 bits per heavy atom. The van der Waals surface area contributed by atoms with Crippen LogP contribution < -0.4 is 4.74 Å². The fraction of sp³-hybridized carbons (Fsp3) is 0.0952. The van der Waals surface area contributed by atoms with Crippen molar-refractivity contribution in [3.8, 4) is 5.75 Å². The Labute approximate surface area is 155 Å². The SMILES string of the molecule is O=C(O)CCOc1ccc(/C=C/c2ccc3cc(C(=O)O)ccc3n2)cc1. The zero-order valence-electron chi connectivity index (χ0n) is 14.3. The number of aliphatic carboxylic acids is 1. The van der Waals surface area contributed by atoms with Gasteiger partial charge in [-0.15, -0.1) is 0 Å². The molecule has 0 radical (unpaired) electrons. The highest BCUT2D eigenvalue weighted by Crippen LogP contribution is 2.18. The molecule has 27 heavy (non-hydrogen) atoms. The number of fused-ring (bicyclic) bond motifs is 1. The molecule has 0 aliphatic carbocycles. The molecule has 3 rings (SSSR count). The van der Waals surface area contributed by atoms with E-state index in [0.29, 0.717) is 5.75 Å². The molecule has 0 unspecified atom stereocenters. The first-order valence-corrected chi connectivity index (χ1v) is 8.28. The second-order valence-electron chi connectivity index (χ2n) is 5.84. The Bertz CT molecular complexity index is 1010. The predicted octanol–water partition coefficient (Wildman–Crippen LogP) is 3.96. The summed E-state index contributed by atoms with van der Waals surface area (Å²) in [5.41, 5.74) is 2.67. The van der Waals surface area contributed by atoms with Crippen LogP contribution in [0.5, 0.6) is 5.75 Å². The highest BCUT2D eigenvalue weighted by molar-refractivity contribution is 5.93. The Morgan fingerprint density at radius 2 is 1.74 bits per heavy atom. The van der Waals surface area contributed by atoms with Crippen molar-refractivity contribution in [3.63, 3.8) is 0 Å². The predicted molar refractivity (Wildman–Crippen MR) is 102 cm³/mol. The highest BCUT2D eigenvalue weighted by Gasteiger charge is 2.04. The largest absolute Gasteiger partial charge is 0.493 e. The van der Waals surface area contributed by atoms with E-state index < -0.39 is 11.9 Å². The van der Waals surface area contributed by atoms with Crippen molar-refractivity contribution in [2.75, 3.05) is 6.61 Å². The van der Waals surface area contributed by atoms with Crippen LogP contribution in [0.1, 0.15) is 28.0 Å². The molecule has 0 aliphatic heterocycles. The van der Waals surface area contributed by atoms with Crippen LogP contribution in [0.3, 0.4) is 0 Å². The maximum atomic E-state index is 11.0. The minimum Gasteiger partial charge on any atom is -0.493 e. The summed E-state index contributed by atoms with van der Waals surface area (Å²) in [5, 5.41) is 18.4. The normalized spacial score (nSPS) is 11.0. The van der Waals surface area contributed by atoms with Crippen molar-refractivity contribution in [1.82, 2.24) is 4.98 Å². The first-order valence-electron chi connectivity index (χ1n) is 8.28. The number of hydrogen-bond donors (Lipinski definition) is 2. The molecule has 0 saturated carbocycles. The minimum absolute atomic E-state index is 0.0384. The number of aromatic nitrogens is 1. The van der Waals surface area contributed by atoms with Gasteiger partial charge in [-0.3, -0.25) is 4.79 Å². The molecule has 136 valence electrons. The van der Waals surface area contributed by atoms with E-state index in [4.69, 9.17) is 14.9 Å².